The third-order valence-electron chi connectivity index (χ3n) is 3.07. The number of thiophene rings is 1. The molecule has 0 spiro atoms. The van der Waals surface area contributed by atoms with Gasteiger partial charge in [-0.05, 0) is 59.5 Å². The van der Waals surface area contributed by atoms with E-state index in [1.165, 1.54) is 11.1 Å². The van der Waals surface area contributed by atoms with Gasteiger partial charge < -0.3 is 10.4 Å². The van der Waals surface area contributed by atoms with Crippen molar-refractivity contribution < 1.29 is 5.11 Å². The zero-order valence-electron chi connectivity index (χ0n) is 10.8. The highest BCUT2D eigenvalue weighted by atomic mass is 32.1. The van der Waals surface area contributed by atoms with Crippen LogP contribution in [0.25, 0.3) is 0 Å². The minimum absolute atomic E-state index is 0.322. The summed E-state index contributed by atoms with van der Waals surface area (Å²) in [4.78, 5) is 0. The Kier molecular flexibility index (Phi) is 4.39. The summed E-state index contributed by atoms with van der Waals surface area (Å²) in [7, 11) is 0. The molecule has 0 saturated carbocycles. The Morgan fingerprint density at radius 2 is 2.17 bits per heavy atom. The highest BCUT2D eigenvalue weighted by molar-refractivity contribution is 7.08. The van der Waals surface area contributed by atoms with Crippen molar-refractivity contribution in [3.63, 3.8) is 0 Å². The molecule has 0 saturated heterocycles. The molecule has 1 heterocycles. The molecule has 2 N–H and O–H groups in total. The first kappa shape index (κ1) is 13.1. The van der Waals surface area contributed by atoms with Crippen molar-refractivity contribution in [3.05, 3.63) is 51.7 Å². The average Bonchev–Trinajstić information content (AvgIpc) is 2.75. The van der Waals surface area contributed by atoms with Crippen molar-refractivity contribution in [3.8, 4) is 5.75 Å². The van der Waals surface area contributed by atoms with Gasteiger partial charge in [0.15, 0.2) is 0 Å². The van der Waals surface area contributed by atoms with Gasteiger partial charge in [-0.15, -0.1) is 0 Å². The number of hydrogen-bond donors (Lipinski definition) is 2. The van der Waals surface area contributed by atoms with E-state index in [0.717, 1.165) is 18.5 Å². The molecule has 0 aliphatic rings. The third kappa shape index (κ3) is 3.12. The Morgan fingerprint density at radius 3 is 2.78 bits per heavy atom. The summed E-state index contributed by atoms with van der Waals surface area (Å²) in [5.74, 6) is 0.338. The third-order valence-corrected chi connectivity index (χ3v) is 3.95. The van der Waals surface area contributed by atoms with Crippen LogP contribution >= 0.6 is 11.3 Å². The Hall–Kier alpha value is -1.32. The highest BCUT2D eigenvalue weighted by Gasteiger charge is 2.14. The molecule has 1 unspecified atom stereocenters. The summed E-state index contributed by atoms with van der Waals surface area (Å²) in [5.41, 5.74) is 3.86. The van der Waals surface area contributed by atoms with Crippen molar-refractivity contribution >= 4 is 11.3 Å². The summed E-state index contributed by atoms with van der Waals surface area (Å²) in [6.07, 6.45) is 0.903. The van der Waals surface area contributed by atoms with E-state index in [9.17, 15) is 5.11 Å². The maximum absolute atomic E-state index is 9.52. The zero-order valence-corrected chi connectivity index (χ0v) is 11.6. The molecule has 0 amide bonds. The molecule has 96 valence electrons. The zero-order chi connectivity index (χ0) is 13.0. The van der Waals surface area contributed by atoms with Gasteiger partial charge in [0.05, 0.1) is 0 Å². The normalized spacial score (nSPS) is 12.6. The van der Waals surface area contributed by atoms with Crippen molar-refractivity contribution in [1.29, 1.82) is 0 Å². The molecule has 1 aromatic carbocycles. The minimum atomic E-state index is 0.322. The van der Waals surface area contributed by atoms with Crippen LogP contribution < -0.4 is 5.32 Å². The smallest absolute Gasteiger partial charge is 0.115 e. The Morgan fingerprint density at radius 1 is 1.33 bits per heavy atom. The first-order valence-electron chi connectivity index (χ1n) is 6.24. The molecular weight excluding hydrogens is 242 g/mol. The largest absolute Gasteiger partial charge is 0.508 e. The fraction of sp³-hybridized carbons (Fsp3) is 0.333. The summed E-state index contributed by atoms with van der Waals surface area (Å²) >= 11 is 1.74. The topological polar surface area (TPSA) is 32.3 Å². The van der Waals surface area contributed by atoms with Crippen molar-refractivity contribution in [1.82, 2.24) is 5.32 Å². The second kappa shape index (κ2) is 6.03. The summed E-state index contributed by atoms with van der Waals surface area (Å²) in [6, 6.07) is 7.83. The summed E-state index contributed by atoms with van der Waals surface area (Å²) in [5, 5.41) is 17.4. The lowest BCUT2D eigenvalue weighted by atomic mass is 9.98. The first-order valence-corrected chi connectivity index (χ1v) is 7.19. The van der Waals surface area contributed by atoms with Crippen LogP contribution in [0.1, 0.15) is 29.7 Å². The molecule has 2 nitrogen and oxygen atoms in total. The van der Waals surface area contributed by atoms with Crippen LogP contribution in [0.5, 0.6) is 5.75 Å². The monoisotopic (exact) mass is 261 g/mol. The average molecular weight is 261 g/mol. The lowest BCUT2D eigenvalue weighted by molar-refractivity contribution is 0.473. The van der Waals surface area contributed by atoms with E-state index >= 15 is 0 Å². The highest BCUT2D eigenvalue weighted by Crippen LogP contribution is 2.25. The van der Waals surface area contributed by atoms with Gasteiger partial charge >= 0.3 is 0 Å². The number of benzene rings is 1. The van der Waals surface area contributed by atoms with Crippen molar-refractivity contribution in [2.45, 2.75) is 26.3 Å². The molecule has 0 fully saturated rings. The maximum atomic E-state index is 9.52. The fourth-order valence-electron chi connectivity index (χ4n) is 2.18. The predicted molar refractivity (Wildman–Crippen MR) is 77.3 cm³/mol. The van der Waals surface area contributed by atoms with Crippen molar-refractivity contribution in [2.24, 2.45) is 0 Å². The van der Waals surface area contributed by atoms with E-state index < -0.39 is 0 Å². The molecule has 3 heteroatoms. The summed E-state index contributed by atoms with van der Waals surface area (Å²) < 4.78 is 0. The molecule has 2 aromatic rings. The number of aryl methyl sites for hydroxylation is 1. The SMILES string of the molecule is CCNC(Cc1cccc(O)c1)c1cscc1C. The van der Waals surface area contributed by atoms with Crippen LogP contribution in [0, 0.1) is 6.92 Å². The molecule has 1 atom stereocenters. The molecule has 18 heavy (non-hydrogen) atoms. The van der Waals surface area contributed by atoms with Gasteiger partial charge in [-0.2, -0.15) is 11.3 Å². The predicted octanol–water partition coefficient (Wildman–Crippen LogP) is 3.66. The van der Waals surface area contributed by atoms with Crippen molar-refractivity contribution in [2.75, 3.05) is 6.54 Å². The molecular formula is C15H19NOS. The van der Waals surface area contributed by atoms with Gasteiger partial charge in [0.25, 0.3) is 0 Å². The van der Waals surface area contributed by atoms with E-state index in [2.05, 4.69) is 36.0 Å². The van der Waals surface area contributed by atoms with Crippen LogP contribution in [-0.2, 0) is 6.42 Å². The Balaban J connectivity index is 2.19. The molecule has 0 radical (unpaired) electrons. The van der Waals surface area contributed by atoms with E-state index in [1.54, 1.807) is 17.4 Å². The number of nitrogens with one attached hydrogen (secondary N) is 1. The summed E-state index contributed by atoms with van der Waals surface area (Å²) in [6.45, 7) is 5.22. The van der Waals surface area contributed by atoms with E-state index in [0.29, 0.717) is 11.8 Å². The molecule has 0 aliphatic carbocycles. The van der Waals surface area contributed by atoms with Crippen LogP contribution in [0.2, 0.25) is 0 Å². The van der Waals surface area contributed by atoms with Gasteiger partial charge in [-0.25, -0.2) is 0 Å². The standard InChI is InChI=1S/C15H19NOS/c1-3-16-15(14-10-18-9-11(14)2)8-12-5-4-6-13(17)7-12/h4-7,9-10,15-17H,3,8H2,1-2H3. The Bertz CT molecular complexity index is 507. The second-order valence-corrected chi connectivity index (χ2v) is 5.24. The lowest BCUT2D eigenvalue weighted by Gasteiger charge is -2.18. The van der Waals surface area contributed by atoms with Crippen LogP contribution in [-0.4, -0.2) is 11.7 Å². The fourth-order valence-corrected chi connectivity index (χ4v) is 3.09. The van der Waals surface area contributed by atoms with Crippen LogP contribution in [0.3, 0.4) is 0 Å². The maximum Gasteiger partial charge on any atom is 0.115 e. The lowest BCUT2D eigenvalue weighted by Crippen LogP contribution is -2.23. The number of aromatic hydroxyl groups is 1. The van der Waals surface area contributed by atoms with Crippen LogP contribution in [0.15, 0.2) is 35.0 Å². The van der Waals surface area contributed by atoms with Crippen LogP contribution in [0.4, 0.5) is 0 Å². The molecule has 2 rings (SSSR count). The van der Waals surface area contributed by atoms with Gasteiger partial charge in [-0.1, -0.05) is 19.1 Å². The number of likely N-dealkylation sites (N-methyl/N-ethyl adjacent to an activating group) is 1. The van der Waals surface area contributed by atoms with E-state index in [1.807, 2.05) is 12.1 Å². The molecule has 0 aliphatic heterocycles. The quantitative estimate of drug-likeness (QED) is 0.861. The van der Waals surface area contributed by atoms with E-state index in [-0.39, 0.29) is 0 Å². The molecule has 0 bridgehead atoms. The Labute approximate surface area is 112 Å². The van der Waals surface area contributed by atoms with Gasteiger partial charge in [0, 0.05) is 6.04 Å². The number of hydrogen-bond acceptors (Lipinski definition) is 3. The van der Waals surface area contributed by atoms with Gasteiger partial charge in [0.1, 0.15) is 5.75 Å². The number of rotatable bonds is 5. The molecule has 1 aromatic heterocycles. The number of phenolic OH excluding ortho intramolecular Hbond substituents is 1. The minimum Gasteiger partial charge on any atom is -0.508 e. The van der Waals surface area contributed by atoms with Gasteiger partial charge in [0.2, 0.25) is 0 Å². The van der Waals surface area contributed by atoms with E-state index in [4.69, 9.17) is 0 Å². The first-order chi connectivity index (χ1) is 8.70. The van der Waals surface area contributed by atoms with Gasteiger partial charge in [-0.3, -0.25) is 0 Å². The second-order valence-electron chi connectivity index (χ2n) is 4.49. The number of phenols is 1.